The van der Waals surface area contributed by atoms with Crippen molar-refractivity contribution in [2.75, 3.05) is 5.75 Å². The Bertz CT molecular complexity index is 355. The second-order valence-corrected chi connectivity index (χ2v) is 4.74. The van der Waals surface area contributed by atoms with Gasteiger partial charge < -0.3 is 0 Å². The number of benzene rings is 1. The highest BCUT2D eigenvalue weighted by Crippen LogP contribution is 2.00. The minimum absolute atomic E-state index is 0.211. The monoisotopic (exact) mass is 271 g/mol. The average Bonchev–Trinajstić information content (AvgIpc) is 2.17. The number of hydrogen-bond acceptors (Lipinski definition) is 3. The SMILES string of the molecule is ClNCl.O=S(=O)(O)CCc1ccccc1. The molecule has 86 valence electrons. The highest BCUT2D eigenvalue weighted by molar-refractivity contribution is 7.85. The summed E-state index contributed by atoms with van der Waals surface area (Å²) in [6.07, 6.45) is 0.361. The van der Waals surface area contributed by atoms with Crippen molar-refractivity contribution in [2.45, 2.75) is 6.42 Å². The Morgan fingerprint density at radius 3 is 2.07 bits per heavy atom. The van der Waals surface area contributed by atoms with Crippen molar-refractivity contribution in [1.29, 1.82) is 0 Å². The summed E-state index contributed by atoms with van der Waals surface area (Å²) in [5.41, 5.74) is 0.912. The predicted octanol–water partition coefficient (Wildman–Crippen LogP) is 2.00. The fourth-order valence-corrected chi connectivity index (χ4v) is 1.39. The summed E-state index contributed by atoms with van der Waals surface area (Å²) in [5.74, 6) is -0.211. The first-order chi connectivity index (χ1) is 6.99. The zero-order chi connectivity index (χ0) is 11.7. The second kappa shape index (κ2) is 7.90. The van der Waals surface area contributed by atoms with Gasteiger partial charge in [0.05, 0.1) is 5.75 Å². The molecule has 15 heavy (non-hydrogen) atoms. The second-order valence-electron chi connectivity index (χ2n) is 2.59. The first-order valence-electron chi connectivity index (χ1n) is 3.95. The van der Waals surface area contributed by atoms with Gasteiger partial charge in [-0.2, -0.15) is 8.42 Å². The lowest BCUT2D eigenvalue weighted by atomic mass is 10.2. The van der Waals surface area contributed by atoms with Gasteiger partial charge in [0.15, 0.2) is 0 Å². The zero-order valence-electron chi connectivity index (χ0n) is 7.73. The smallest absolute Gasteiger partial charge is 0.265 e. The Morgan fingerprint density at radius 2 is 1.67 bits per heavy atom. The van der Waals surface area contributed by atoms with E-state index in [-0.39, 0.29) is 5.75 Å². The molecule has 0 aliphatic rings. The maximum absolute atomic E-state index is 10.4. The van der Waals surface area contributed by atoms with Crippen molar-refractivity contribution in [3.8, 4) is 0 Å². The molecule has 0 aromatic heterocycles. The standard InChI is InChI=1S/C8H10O3S.Cl2HN/c9-12(10,11)7-6-8-4-2-1-3-5-8;1-3-2/h1-5H,6-7H2,(H,9,10,11);3H. The Hall–Kier alpha value is -0.330. The van der Waals surface area contributed by atoms with Gasteiger partial charge >= 0.3 is 0 Å². The van der Waals surface area contributed by atoms with Crippen LogP contribution in [-0.2, 0) is 16.5 Å². The number of nitrogens with one attached hydrogen (secondary N) is 1. The zero-order valence-corrected chi connectivity index (χ0v) is 10.1. The van der Waals surface area contributed by atoms with Gasteiger partial charge in [0.1, 0.15) is 0 Å². The predicted molar refractivity (Wildman–Crippen MR) is 61.4 cm³/mol. The molecule has 0 saturated heterocycles. The van der Waals surface area contributed by atoms with Crippen molar-refractivity contribution in [1.82, 2.24) is 4.35 Å². The third-order valence-electron chi connectivity index (χ3n) is 1.49. The number of hydrogen-bond donors (Lipinski definition) is 2. The molecule has 0 atom stereocenters. The topological polar surface area (TPSA) is 66.4 Å². The van der Waals surface area contributed by atoms with E-state index in [1.165, 1.54) is 0 Å². The van der Waals surface area contributed by atoms with E-state index < -0.39 is 10.1 Å². The van der Waals surface area contributed by atoms with Crippen molar-refractivity contribution in [3.63, 3.8) is 0 Å². The molecule has 1 aromatic carbocycles. The maximum Gasteiger partial charge on any atom is 0.265 e. The van der Waals surface area contributed by atoms with Crippen molar-refractivity contribution < 1.29 is 13.0 Å². The normalized spacial score (nSPS) is 10.3. The molecule has 0 heterocycles. The maximum atomic E-state index is 10.4. The van der Waals surface area contributed by atoms with E-state index in [1.54, 1.807) is 4.35 Å². The highest BCUT2D eigenvalue weighted by Gasteiger charge is 2.03. The minimum Gasteiger partial charge on any atom is -0.286 e. The molecule has 2 N–H and O–H groups in total. The van der Waals surface area contributed by atoms with Gasteiger partial charge in [-0.3, -0.25) is 4.55 Å². The summed E-state index contributed by atoms with van der Waals surface area (Å²) in [6, 6.07) is 9.17. The van der Waals surface area contributed by atoms with E-state index in [2.05, 4.69) is 23.6 Å². The summed E-state index contributed by atoms with van der Waals surface area (Å²) >= 11 is 9.03. The highest BCUT2D eigenvalue weighted by atomic mass is 35.5. The Labute approximate surface area is 99.2 Å². The molecule has 0 amide bonds. The quantitative estimate of drug-likeness (QED) is 0.652. The Balaban J connectivity index is 0.000000583. The van der Waals surface area contributed by atoms with Gasteiger partial charge in [0.2, 0.25) is 0 Å². The van der Waals surface area contributed by atoms with E-state index in [9.17, 15) is 8.42 Å². The van der Waals surface area contributed by atoms with Crippen LogP contribution in [0.4, 0.5) is 0 Å². The van der Waals surface area contributed by atoms with E-state index in [0.29, 0.717) is 6.42 Å². The average molecular weight is 272 g/mol. The number of halogens is 2. The Morgan fingerprint density at radius 1 is 1.20 bits per heavy atom. The fourth-order valence-electron chi connectivity index (χ4n) is 0.892. The van der Waals surface area contributed by atoms with E-state index in [4.69, 9.17) is 4.55 Å². The van der Waals surface area contributed by atoms with Crippen LogP contribution in [0.1, 0.15) is 5.56 Å². The van der Waals surface area contributed by atoms with Crippen LogP contribution in [-0.4, -0.2) is 18.7 Å². The molecule has 0 saturated carbocycles. The number of rotatable bonds is 3. The van der Waals surface area contributed by atoms with Crippen LogP contribution in [0.25, 0.3) is 0 Å². The molecule has 1 rings (SSSR count). The lowest BCUT2D eigenvalue weighted by molar-refractivity contribution is 0.482. The first-order valence-corrected chi connectivity index (χ1v) is 6.31. The summed E-state index contributed by atoms with van der Waals surface area (Å²) < 4.78 is 30.9. The third kappa shape index (κ3) is 9.96. The summed E-state index contributed by atoms with van der Waals surface area (Å²) in [7, 11) is -3.82. The summed E-state index contributed by atoms with van der Waals surface area (Å²) in [6.45, 7) is 0. The molecule has 0 fully saturated rings. The molecule has 0 aliphatic heterocycles. The first kappa shape index (κ1) is 14.7. The van der Waals surface area contributed by atoms with Crippen molar-refractivity contribution in [2.24, 2.45) is 0 Å². The summed E-state index contributed by atoms with van der Waals surface area (Å²) in [5, 5.41) is 0. The third-order valence-corrected chi connectivity index (χ3v) is 2.21. The number of aryl methyl sites for hydroxylation is 1. The van der Waals surface area contributed by atoms with Gasteiger partial charge in [-0.15, -0.1) is 4.35 Å². The van der Waals surface area contributed by atoms with Gasteiger partial charge in [-0.25, -0.2) is 0 Å². The lowest BCUT2D eigenvalue weighted by Gasteiger charge is -1.97. The molecule has 0 spiro atoms. The molecule has 0 unspecified atom stereocenters. The van der Waals surface area contributed by atoms with E-state index >= 15 is 0 Å². The molecule has 0 radical (unpaired) electrons. The summed E-state index contributed by atoms with van der Waals surface area (Å²) in [4.78, 5) is 0. The van der Waals surface area contributed by atoms with E-state index in [1.807, 2.05) is 30.3 Å². The van der Waals surface area contributed by atoms with Crippen molar-refractivity contribution in [3.05, 3.63) is 35.9 Å². The largest absolute Gasteiger partial charge is 0.286 e. The van der Waals surface area contributed by atoms with Crippen LogP contribution in [0.3, 0.4) is 0 Å². The van der Waals surface area contributed by atoms with Gasteiger partial charge in [0, 0.05) is 0 Å². The van der Waals surface area contributed by atoms with E-state index in [0.717, 1.165) is 5.56 Å². The van der Waals surface area contributed by atoms with Crippen LogP contribution >= 0.6 is 23.6 Å². The lowest BCUT2D eigenvalue weighted by Crippen LogP contribution is -2.06. The minimum atomic E-state index is -3.82. The molecular weight excluding hydrogens is 261 g/mol. The molecule has 7 heteroatoms. The molecule has 1 aromatic rings. The van der Waals surface area contributed by atoms with Crippen molar-refractivity contribution >= 4 is 33.7 Å². The fraction of sp³-hybridized carbons (Fsp3) is 0.250. The molecule has 0 bridgehead atoms. The Kier molecular flexibility index (Phi) is 7.72. The van der Waals surface area contributed by atoms with Crippen LogP contribution in [0, 0.1) is 0 Å². The van der Waals surface area contributed by atoms with Gasteiger partial charge in [-0.1, -0.05) is 30.3 Å². The van der Waals surface area contributed by atoms with Crippen LogP contribution in [0.15, 0.2) is 30.3 Å². The van der Waals surface area contributed by atoms with Gasteiger partial charge in [0.25, 0.3) is 10.1 Å². The van der Waals surface area contributed by atoms with Crippen LogP contribution in [0.5, 0.6) is 0 Å². The molecule has 0 aliphatic carbocycles. The van der Waals surface area contributed by atoms with Crippen LogP contribution < -0.4 is 4.35 Å². The van der Waals surface area contributed by atoms with Gasteiger partial charge in [-0.05, 0) is 35.5 Å². The molecular formula is C8H11Cl2NO3S. The molecule has 4 nitrogen and oxygen atoms in total. The van der Waals surface area contributed by atoms with Crippen LogP contribution in [0.2, 0.25) is 0 Å².